The third kappa shape index (κ3) is 4.74. The number of hydrogen-bond acceptors (Lipinski definition) is 4. The van der Waals surface area contributed by atoms with Crippen LogP contribution in [-0.2, 0) is 9.59 Å². The van der Waals surface area contributed by atoms with Gasteiger partial charge in [-0.1, -0.05) is 18.2 Å². The van der Waals surface area contributed by atoms with Crippen molar-refractivity contribution in [3.63, 3.8) is 0 Å². The molecule has 1 atom stereocenters. The number of amides is 2. The molecule has 2 amide bonds. The lowest BCUT2D eigenvalue weighted by Crippen LogP contribution is -2.32. The highest BCUT2D eigenvalue weighted by Gasteiger charge is 2.15. The number of ether oxygens (including phenoxy) is 1. The summed E-state index contributed by atoms with van der Waals surface area (Å²) in [6, 6.07) is 13.9. The molecule has 0 fully saturated rings. The molecule has 0 aromatic heterocycles. The predicted molar refractivity (Wildman–Crippen MR) is 95.5 cm³/mol. The van der Waals surface area contributed by atoms with Crippen molar-refractivity contribution in [1.82, 2.24) is 0 Å². The summed E-state index contributed by atoms with van der Waals surface area (Å²) in [5.74, 6) is 0.248. The van der Waals surface area contributed by atoms with Gasteiger partial charge in [0, 0.05) is 18.3 Å². The van der Waals surface area contributed by atoms with Gasteiger partial charge >= 0.3 is 0 Å². The molecule has 0 heterocycles. The fourth-order valence-corrected chi connectivity index (χ4v) is 2.17. The van der Waals surface area contributed by atoms with Crippen LogP contribution in [0.4, 0.5) is 17.1 Å². The second kappa shape index (κ2) is 8.01. The molecule has 0 aliphatic carbocycles. The number of carbonyl (C=O) groups is 2. The van der Waals surface area contributed by atoms with Gasteiger partial charge in [-0.25, -0.2) is 0 Å². The molecule has 6 nitrogen and oxygen atoms in total. The van der Waals surface area contributed by atoms with Gasteiger partial charge in [0.1, 0.15) is 11.8 Å². The van der Waals surface area contributed by atoms with Crippen molar-refractivity contribution in [1.29, 1.82) is 0 Å². The number of nitrogens with one attached hydrogen (secondary N) is 3. The van der Waals surface area contributed by atoms with E-state index in [0.717, 1.165) is 5.69 Å². The van der Waals surface area contributed by atoms with Crippen LogP contribution in [0.3, 0.4) is 0 Å². The smallest absolute Gasteiger partial charge is 0.246 e. The average molecular weight is 327 g/mol. The molecule has 6 heteroatoms. The number of methoxy groups -OCH3 is 1. The molecule has 0 saturated carbocycles. The Kier molecular flexibility index (Phi) is 5.78. The monoisotopic (exact) mass is 327 g/mol. The third-order valence-electron chi connectivity index (χ3n) is 3.33. The number of para-hydroxylation sites is 1. The minimum absolute atomic E-state index is 0.166. The molecule has 2 aromatic rings. The zero-order valence-corrected chi connectivity index (χ0v) is 13.9. The minimum atomic E-state index is -0.494. The summed E-state index contributed by atoms with van der Waals surface area (Å²) in [7, 11) is 1.55. The van der Waals surface area contributed by atoms with Crippen LogP contribution in [0.5, 0.6) is 5.75 Å². The zero-order chi connectivity index (χ0) is 17.5. The molecule has 0 aliphatic rings. The Hall–Kier alpha value is -3.02. The maximum Gasteiger partial charge on any atom is 0.246 e. The Morgan fingerprint density at radius 2 is 1.71 bits per heavy atom. The van der Waals surface area contributed by atoms with Gasteiger partial charge in [-0.05, 0) is 37.3 Å². The lowest BCUT2D eigenvalue weighted by atomic mass is 10.2. The van der Waals surface area contributed by atoms with Crippen molar-refractivity contribution in [3.8, 4) is 5.75 Å². The van der Waals surface area contributed by atoms with E-state index in [1.165, 1.54) is 6.92 Å². The first-order valence-corrected chi connectivity index (χ1v) is 7.57. The van der Waals surface area contributed by atoms with Gasteiger partial charge in [0.05, 0.1) is 12.8 Å². The Bertz CT molecular complexity index is 717. The Morgan fingerprint density at radius 3 is 2.33 bits per heavy atom. The first-order valence-electron chi connectivity index (χ1n) is 7.57. The van der Waals surface area contributed by atoms with Gasteiger partial charge in [-0.2, -0.15) is 0 Å². The summed E-state index contributed by atoms with van der Waals surface area (Å²) in [6.07, 6.45) is 0. The van der Waals surface area contributed by atoms with Gasteiger partial charge in [0.15, 0.2) is 0 Å². The van der Waals surface area contributed by atoms with Gasteiger partial charge in [-0.3, -0.25) is 9.59 Å². The van der Waals surface area contributed by atoms with Crippen LogP contribution >= 0.6 is 0 Å². The first kappa shape index (κ1) is 17.3. The van der Waals surface area contributed by atoms with Crippen LogP contribution in [0.15, 0.2) is 48.5 Å². The number of carbonyl (C=O) groups excluding carboxylic acids is 2. The largest absolute Gasteiger partial charge is 0.495 e. The third-order valence-corrected chi connectivity index (χ3v) is 3.33. The van der Waals surface area contributed by atoms with E-state index in [2.05, 4.69) is 16.0 Å². The van der Waals surface area contributed by atoms with Crippen molar-refractivity contribution in [2.24, 2.45) is 0 Å². The summed E-state index contributed by atoms with van der Waals surface area (Å²) in [4.78, 5) is 23.5. The number of hydrogen-bond donors (Lipinski definition) is 3. The molecule has 3 N–H and O–H groups in total. The van der Waals surface area contributed by atoms with E-state index in [4.69, 9.17) is 4.74 Å². The maximum atomic E-state index is 12.3. The molecule has 2 aromatic carbocycles. The number of anilines is 3. The van der Waals surface area contributed by atoms with Crippen molar-refractivity contribution < 1.29 is 14.3 Å². The highest BCUT2D eigenvalue weighted by atomic mass is 16.5. The van der Waals surface area contributed by atoms with E-state index in [0.29, 0.717) is 17.1 Å². The SMILES string of the molecule is COc1ccc(NC(C)=O)cc1NC(C)C(=O)Nc1ccccc1. The average Bonchev–Trinajstić information content (AvgIpc) is 2.55. The van der Waals surface area contributed by atoms with Crippen molar-refractivity contribution in [3.05, 3.63) is 48.5 Å². The van der Waals surface area contributed by atoms with E-state index >= 15 is 0 Å². The van der Waals surface area contributed by atoms with Crippen LogP contribution in [-0.4, -0.2) is 25.0 Å². The Balaban J connectivity index is 2.10. The zero-order valence-electron chi connectivity index (χ0n) is 13.9. The standard InChI is InChI=1S/C18H21N3O3/c1-12(18(23)21-14-7-5-4-6-8-14)19-16-11-15(20-13(2)22)9-10-17(16)24-3/h4-12,19H,1-3H3,(H,20,22)(H,21,23). The topological polar surface area (TPSA) is 79.5 Å². The van der Waals surface area contributed by atoms with Gasteiger partial charge in [-0.15, -0.1) is 0 Å². The van der Waals surface area contributed by atoms with E-state index in [1.807, 2.05) is 30.3 Å². The molecule has 1 unspecified atom stereocenters. The highest BCUT2D eigenvalue weighted by Crippen LogP contribution is 2.28. The van der Waals surface area contributed by atoms with Crippen LogP contribution in [0.2, 0.25) is 0 Å². The lowest BCUT2D eigenvalue weighted by Gasteiger charge is -2.18. The van der Waals surface area contributed by atoms with Gasteiger partial charge in [0.2, 0.25) is 11.8 Å². The van der Waals surface area contributed by atoms with E-state index in [-0.39, 0.29) is 11.8 Å². The van der Waals surface area contributed by atoms with Crippen molar-refractivity contribution in [2.45, 2.75) is 19.9 Å². The van der Waals surface area contributed by atoms with Crippen LogP contribution in [0.25, 0.3) is 0 Å². The second-order valence-electron chi connectivity index (χ2n) is 5.32. The normalized spacial score (nSPS) is 11.3. The highest BCUT2D eigenvalue weighted by molar-refractivity contribution is 5.96. The van der Waals surface area contributed by atoms with Crippen molar-refractivity contribution in [2.75, 3.05) is 23.1 Å². The molecule has 0 spiro atoms. The fourth-order valence-electron chi connectivity index (χ4n) is 2.17. The molecular weight excluding hydrogens is 306 g/mol. The summed E-state index contributed by atoms with van der Waals surface area (Å²) in [6.45, 7) is 3.19. The molecule has 126 valence electrons. The number of benzene rings is 2. The summed E-state index contributed by atoms with van der Waals surface area (Å²) >= 11 is 0. The quantitative estimate of drug-likeness (QED) is 0.762. The Morgan fingerprint density at radius 1 is 1.00 bits per heavy atom. The summed E-state index contributed by atoms with van der Waals surface area (Å²) in [5.41, 5.74) is 1.98. The van der Waals surface area contributed by atoms with Gasteiger partial charge in [0.25, 0.3) is 0 Å². The summed E-state index contributed by atoms with van der Waals surface area (Å²) < 4.78 is 5.30. The fraction of sp³-hybridized carbons (Fsp3) is 0.222. The summed E-state index contributed by atoms with van der Waals surface area (Å²) in [5, 5.41) is 8.64. The lowest BCUT2D eigenvalue weighted by molar-refractivity contribution is -0.116. The van der Waals surface area contributed by atoms with Gasteiger partial charge < -0.3 is 20.7 Å². The van der Waals surface area contributed by atoms with E-state index in [9.17, 15) is 9.59 Å². The Labute approximate surface area is 141 Å². The first-order chi connectivity index (χ1) is 11.5. The minimum Gasteiger partial charge on any atom is -0.495 e. The molecule has 0 radical (unpaired) electrons. The predicted octanol–water partition coefficient (Wildman–Crippen LogP) is 3.09. The van der Waals surface area contributed by atoms with E-state index < -0.39 is 6.04 Å². The second-order valence-corrected chi connectivity index (χ2v) is 5.32. The van der Waals surface area contributed by atoms with Crippen molar-refractivity contribution >= 4 is 28.9 Å². The molecule has 2 rings (SSSR count). The molecule has 0 saturated heterocycles. The maximum absolute atomic E-state index is 12.3. The molecular formula is C18H21N3O3. The van der Waals surface area contributed by atoms with Crippen LogP contribution in [0.1, 0.15) is 13.8 Å². The van der Waals surface area contributed by atoms with Crippen LogP contribution < -0.4 is 20.7 Å². The molecule has 0 aliphatic heterocycles. The molecule has 0 bridgehead atoms. The number of rotatable bonds is 6. The van der Waals surface area contributed by atoms with E-state index in [1.54, 1.807) is 32.2 Å². The van der Waals surface area contributed by atoms with Crippen LogP contribution in [0, 0.1) is 0 Å². The molecule has 24 heavy (non-hydrogen) atoms.